The Morgan fingerprint density at radius 2 is 1.25 bits per heavy atom. The van der Waals surface area contributed by atoms with Gasteiger partial charge in [-0.1, -0.05) is 137 Å². The van der Waals surface area contributed by atoms with E-state index in [0.29, 0.717) is 18.4 Å². The van der Waals surface area contributed by atoms with E-state index >= 15 is 0 Å². The van der Waals surface area contributed by atoms with E-state index in [1.165, 1.54) is 70.6 Å². The maximum absolute atomic E-state index is 13.4. The predicted octanol–water partition coefficient (Wildman–Crippen LogP) is 12.7. The Labute approximate surface area is 353 Å². The van der Waals surface area contributed by atoms with E-state index in [4.69, 9.17) is 9.47 Å². The van der Waals surface area contributed by atoms with Crippen molar-refractivity contribution >= 4 is 17.5 Å². The summed E-state index contributed by atoms with van der Waals surface area (Å²) in [7, 11) is 4.01. The van der Waals surface area contributed by atoms with E-state index in [1.807, 2.05) is 20.2 Å². The molecule has 2 atom stereocenters. The lowest BCUT2D eigenvalue weighted by Crippen LogP contribution is -2.34. The molecule has 0 aromatic rings. The fourth-order valence-corrected chi connectivity index (χ4v) is 8.01. The first kappa shape index (κ1) is 53.4. The van der Waals surface area contributed by atoms with Crippen molar-refractivity contribution < 1.29 is 23.9 Å². The molecule has 0 unspecified atom stereocenters. The molecule has 0 N–H and O–H groups in total. The number of hydrogen-bond acceptors (Lipinski definition) is 7. The van der Waals surface area contributed by atoms with Gasteiger partial charge in [-0.15, -0.1) is 0 Å². The van der Waals surface area contributed by atoms with E-state index in [2.05, 4.69) is 57.4 Å². The third kappa shape index (κ3) is 27.0. The zero-order valence-corrected chi connectivity index (χ0v) is 39.2. The second kappa shape index (κ2) is 32.2. The monoisotopic (exact) mass is 803 g/mol. The number of allylic oxidation sites excluding steroid dienone is 1. The van der Waals surface area contributed by atoms with Crippen molar-refractivity contribution in [2.45, 2.75) is 228 Å². The standard InChI is InChI=1S/C50H94N2O5/c1-10-12-14-16-18-24-30-47(31-25-19-17-15-13-11-2)57-48(55)50(6,7)36-27-21-23-29-39-56-42-45-40-44(32-33-46(54)34-38-51(8)9)41-52(45)37-28-22-20-26-35-49(4,5)43(3)53/h32-33,44-45,47H,10-31,34-42H2,1-9H3/b33-32-/t44-,45-/m0/s1. The number of likely N-dealkylation sites (tertiary alicyclic amines) is 1. The highest BCUT2D eigenvalue weighted by molar-refractivity contribution is 5.89. The summed E-state index contributed by atoms with van der Waals surface area (Å²) in [5.41, 5.74) is -0.662. The van der Waals surface area contributed by atoms with Gasteiger partial charge >= 0.3 is 5.97 Å². The van der Waals surface area contributed by atoms with Crippen molar-refractivity contribution in [3.8, 4) is 0 Å². The van der Waals surface area contributed by atoms with Gasteiger partial charge in [0.05, 0.1) is 12.0 Å². The molecule has 1 fully saturated rings. The van der Waals surface area contributed by atoms with Crippen LogP contribution in [0, 0.1) is 16.7 Å². The number of ether oxygens (including phenoxy) is 2. The summed E-state index contributed by atoms with van der Waals surface area (Å²) in [5.74, 6) is 0.871. The fraction of sp³-hybridized carbons (Fsp3) is 0.900. The number of esters is 1. The number of carbonyl (C=O) groups is 3. The van der Waals surface area contributed by atoms with Crippen LogP contribution in [0.2, 0.25) is 0 Å². The number of nitrogens with zero attached hydrogens (tertiary/aromatic N) is 2. The number of hydrogen-bond donors (Lipinski definition) is 0. The van der Waals surface area contributed by atoms with Gasteiger partial charge in [0.1, 0.15) is 11.9 Å². The lowest BCUT2D eigenvalue weighted by molar-refractivity contribution is -0.161. The molecule has 1 heterocycles. The van der Waals surface area contributed by atoms with Gasteiger partial charge in [-0.25, -0.2) is 0 Å². The fourth-order valence-electron chi connectivity index (χ4n) is 8.01. The molecule has 334 valence electrons. The molecule has 0 radical (unpaired) electrons. The van der Waals surface area contributed by atoms with Crippen LogP contribution in [0.15, 0.2) is 12.2 Å². The Balaban J connectivity index is 2.50. The summed E-state index contributed by atoms with van der Waals surface area (Å²) in [4.78, 5) is 42.4. The number of Topliss-reactive ketones (excluding diaryl/α,β-unsaturated/α-hetero) is 1. The maximum Gasteiger partial charge on any atom is 0.311 e. The quantitative estimate of drug-likeness (QED) is 0.0349. The number of ketones is 2. The molecule has 1 saturated heterocycles. The van der Waals surface area contributed by atoms with Gasteiger partial charge in [-0.2, -0.15) is 0 Å². The van der Waals surface area contributed by atoms with Crippen LogP contribution in [0.3, 0.4) is 0 Å². The highest BCUT2D eigenvalue weighted by Crippen LogP contribution is 2.30. The van der Waals surface area contributed by atoms with E-state index in [-0.39, 0.29) is 29.1 Å². The molecule has 1 aliphatic heterocycles. The highest BCUT2D eigenvalue weighted by atomic mass is 16.5. The van der Waals surface area contributed by atoms with Crippen molar-refractivity contribution in [3.63, 3.8) is 0 Å². The maximum atomic E-state index is 13.4. The van der Waals surface area contributed by atoms with Gasteiger partial charge < -0.3 is 14.4 Å². The van der Waals surface area contributed by atoms with Gasteiger partial charge in [0, 0.05) is 37.6 Å². The molecule has 0 aliphatic carbocycles. The van der Waals surface area contributed by atoms with Crippen LogP contribution in [-0.4, -0.2) is 86.4 Å². The van der Waals surface area contributed by atoms with Crippen LogP contribution in [0.5, 0.6) is 0 Å². The summed E-state index contributed by atoms with van der Waals surface area (Å²) < 4.78 is 12.6. The smallest absolute Gasteiger partial charge is 0.311 e. The van der Waals surface area contributed by atoms with Crippen LogP contribution < -0.4 is 0 Å². The molecule has 0 amide bonds. The summed E-state index contributed by atoms with van der Waals surface area (Å²) in [6.45, 7) is 18.8. The molecule has 7 heteroatoms. The lowest BCUT2D eigenvalue weighted by atomic mass is 9.83. The van der Waals surface area contributed by atoms with Crippen molar-refractivity contribution in [2.24, 2.45) is 16.7 Å². The molecule has 7 nitrogen and oxygen atoms in total. The summed E-state index contributed by atoms with van der Waals surface area (Å²) in [6.07, 6.45) is 33.6. The van der Waals surface area contributed by atoms with Gasteiger partial charge in [0.15, 0.2) is 5.78 Å². The Morgan fingerprint density at radius 1 is 0.719 bits per heavy atom. The van der Waals surface area contributed by atoms with Gasteiger partial charge in [0.25, 0.3) is 0 Å². The Bertz CT molecular complexity index is 1050. The second-order valence-corrected chi connectivity index (χ2v) is 19.4. The van der Waals surface area contributed by atoms with Crippen molar-refractivity contribution in [3.05, 3.63) is 12.2 Å². The van der Waals surface area contributed by atoms with Crippen molar-refractivity contribution in [2.75, 3.05) is 46.9 Å². The minimum atomic E-state index is -0.448. The third-order valence-corrected chi connectivity index (χ3v) is 12.6. The zero-order valence-electron chi connectivity index (χ0n) is 39.2. The van der Waals surface area contributed by atoms with Gasteiger partial charge in [-0.05, 0) is 111 Å². The van der Waals surface area contributed by atoms with Crippen LogP contribution in [0.1, 0.15) is 215 Å². The molecule has 1 rings (SSSR count). The molecule has 1 aliphatic rings. The van der Waals surface area contributed by atoms with Crippen molar-refractivity contribution in [1.82, 2.24) is 9.80 Å². The molecule has 0 aromatic carbocycles. The molecule has 0 aromatic heterocycles. The molecule has 0 spiro atoms. The van der Waals surface area contributed by atoms with E-state index < -0.39 is 5.41 Å². The van der Waals surface area contributed by atoms with Crippen LogP contribution in [0.25, 0.3) is 0 Å². The Kier molecular flexibility index (Phi) is 30.2. The molecule has 57 heavy (non-hydrogen) atoms. The van der Waals surface area contributed by atoms with Gasteiger partial charge in [-0.3, -0.25) is 19.3 Å². The summed E-state index contributed by atoms with van der Waals surface area (Å²) in [5, 5.41) is 0. The molecule has 0 saturated carbocycles. The molecular formula is C50H94N2O5. The number of carbonyl (C=O) groups excluding carboxylic acids is 3. The molecular weight excluding hydrogens is 709 g/mol. The lowest BCUT2D eigenvalue weighted by Gasteiger charge is -2.27. The predicted molar refractivity (Wildman–Crippen MR) is 242 cm³/mol. The average Bonchev–Trinajstić information content (AvgIpc) is 3.55. The van der Waals surface area contributed by atoms with Crippen LogP contribution in [0.4, 0.5) is 0 Å². The molecule has 0 bridgehead atoms. The van der Waals surface area contributed by atoms with E-state index in [1.54, 1.807) is 6.92 Å². The largest absolute Gasteiger partial charge is 0.462 e. The first-order valence-corrected chi connectivity index (χ1v) is 24.1. The first-order valence-electron chi connectivity index (χ1n) is 24.1. The van der Waals surface area contributed by atoms with E-state index in [0.717, 1.165) is 123 Å². The SMILES string of the molecule is CCCCCCCCC(CCCCCCCC)OC(=O)C(C)(C)CCCCCCOC[C@@H]1C[C@H](/C=C\C(=O)CCN(C)C)CN1CCCCCCC(C)(C)C(C)=O. The third-order valence-electron chi connectivity index (χ3n) is 12.6. The highest BCUT2D eigenvalue weighted by Gasteiger charge is 2.32. The van der Waals surface area contributed by atoms with Crippen LogP contribution >= 0.6 is 0 Å². The zero-order chi connectivity index (χ0) is 42.4. The summed E-state index contributed by atoms with van der Waals surface area (Å²) >= 11 is 0. The minimum absolute atomic E-state index is 0.00285. The number of rotatable bonds is 38. The normalized spacial score (nSPS) is 16.8. The van der Waals surface area contributed by atoms with E-state index in [9.17, 15) is 14.4 Å². The Morgan fingerprint density at radius 3 is 1.82 bits per heavy atom. The van der Waals surface area contributed by atoms with Gasteiger partial charge in [0.2, 0.25) is 0 Å². The Hall–Kier alpha value is -1.57. The summed E-state index contributed by atoms with van der Waals surface area (Å²) in [6, 6.07) is 0.380. The minimum Gasteiger partial charge on any atom is -0.462 e. The van der Waals surface area contributed by atoms with Crippen LogP contribution in [-0.2, 0) is 23.9 Å². The van der Waals surface area contributed by atoms with Crippen molar-refractivity contribution in [1.29, 1.82) is 0 Å². The topological polar surface area (TPSA) is 76.2 Å². The second-order valence-electron chi connectivity index (χ2n) is 19.4. The average molecular weight is 803 g/mol. The number of unbranched alkanes of at least 4 members (excludes halogenated alkanes) is 16. The first-order chi connectivity index (χ1) is 27.2.